The van der Waals surface area contributed by atoms with Gasteiger partial charge in [-0.3, -0.25) is 14.4 Å². The standard InChI is InChI=1S/C17H16FN6O6P/c1-23-21-16(20-22-23)15-5-2-10(7-19-15)13-4-3-11(6-14(13)18)24-8-12(30-17(24)25)9-29-31(26,27)28/h2-7,12H,8-9H2,1H3,(H2,26,27,28). The Hall–Kier alpha value is -3.25. The summed E-state index contributed by atoms with van der Waals surface area (Å²) in [4.78, 5) is 36.3. The molecule has 4 rings (SSSR count). The molecule has 1 fully saturated rings. The molecule has 2 N–H and O–H groups in total. The number of cyclic esters (lactones) is 1. The average molecular weight is 450 g/mol. The van der Waals surface area contributed by atoms with Gasteiger partial charge in [-0.05, 0) is 29.5 Å². The second kappa shape index (κ2) is 8.12. The van der Waals surface area contributed by atoms with Crippen molar-refractivity contribution < 1.29 is 32.8 Å². The highest BCUT2D eigenvalue weighted by Gasteiger charge is 2.34. The summed E-state index contributed by atoms with van der Waals surface area (Å²) in [5.74, 6) is -0.248. The third-order valence-corrected chi connectivity index (χ3v) is 4.86. The van der Waals surface area contributed by atoms with Crippen LogP contribution in [0.3, 0.4) is 0 Å². The van der Waals surface area contributed by atoms with Crippen LogP contribution in [0.5, 0.6) is 0 Å². The van der Waals surface area contributed by atoms with Gasteiger partial charge in [0.2, 0.25) is 5.82 Å². The summed E-state index contributed by atoms with van der Waals surface area (Å²) >= 11 is 0. The number of pyridine rings is 1. The van der Waals surface area contributed by atoms with Gasteiger partial charge in [0, 0.05) is 17.3 Å². The van der Waals surface area contributed by atoms with Crippen molar-refractivity contribution in [1.82, 2.24) is 25.2 Å². The highest BCUT2D eigenvalue weighted by atomic mass is 31.2. The van der Waals surface area contributed by atoms with Crippen molar-refractivity contribution >= 4 is 19.6 Å². The number of anilines is 1. The fraction of sp³-hybridized carbons (Fsp3) is 0.235. The topological polar surface area (TPSA) is 153 Å². The zero-order valence-corrected chi connectivity index (χ0v) is 16.9. The normalized spacial score (nSPS) is 16.6. The number of ether oxygens (including phenoxy) is 1. The Kier molecular flexibility index (Phi) is 5.50. The molecule has 1 aromatic carbocycles. The second-order valence-corrected chi connectivity index (χ2v) is 7.84. The average Bonchev–Trinajstić information content (AvgIpc) is 3.31. The van der Waals surface area contributed by atoms with Gasteiger partial charge >= 0.3 is 13.9 Å². The van der Waals surface area contributed by atoms with Crippen LogP contribution in [0.25, 0.3) is 22.6 Å². The van der Waals surface area contributed by atoms with E-state index < -0.39 is 32.4 Å². The van der Waals surface area contributed by atoms with E-state index in [0.29, 0.717) is 17.1 Å². The number of tetrazole rings is 1. The first kappa shape index (κ1) is 21.0. The van der Waals surface area contributed by atoms with Gasteiger partial charge in [-0.25, -0.2) is 13.8 Å². The van der Waals surface area contributed by atoms with Crippen LogP contribution in [-0.2, 0) is 20.9 Å². The molecule has 3 aromatic rings. The predicted molar refractivity (Wildman–Crippen MR) is 103 cm³/mol. The van der Waals surface area contributed by atoms with Crippen molar-refractivity contribution in [3.63, 3.8) is 0 Å². The number of carbonyl (C=O) groups excluding carboxylic acids is 1. The lowest BCUT2D eigenvalue weighted by Gasteiger charge is -2.14. The molecular formula is C17H16FN6O6P. The van der Waals surface area contributed by atoms with Gasteiger partial charge in [0.15, 0.2) is 0 Å². The molecule has 0 saturated carbocycles. The molecule has 0 spiro atoms. The molecule has 0 radical (unpaired) electrons. The van der Waals surface area contributed by atoms with Crippen LogP contribution >= 0.6 is 7.82 Å². The maximum absolute atomic E-state index is 14.8. The number of phosphoric ester groups is 1. The lowest BCUT2D eigenvalue weighted by Crippen LogP contribution is -2.25. The van der Waals surface area contributed by atoms with Gasteiger partial charge in [-0.2, -0.15) is 4.80 Å². The molecule has 0 bridgehead atoms. The fourth-order valence-corrected chi connectivity index (χ4v) is 3.34. The van der Waals surface area contributed by atoms with Crippen LogP contribution in [-0.4, -0.2) is 60.3 Å². The van der Waals surface area contributed by atoms with Gasteiger partial charge < -0.3 is 14.5 Å². The van der Waals surface area contributed by atoms with E-state index in [4.69, 9.17) is 14.5 Å². The highest BCUT2D eigenvalue weighted by Crippen LogP contribution is 2.37. The molecule has 3 heterocycles. The van der Waals surface area contributed by atoms with Gasteiger partial charge in [-0.1, -0.05) is 6.07 Å². The molecule has 2 aromatic heterocycles. The number of halogens is 1. The number of amides is 1. The Morgan fingerprint density at radius 3 is 2.74 bits per heavy atom. The Morgan fingerprint density at radius 1 is 1.32 bits per heavy atom. The smallest absolute Gasteiger partial charge is 0.441 e. The summed E-state index contributed by atoms with van der Waals surface area (Å²) in [6.45, 7) is -0.523. The first-order chi connectivity index (χ1) is 14.7. The van der Waals surface area contributed by atoms with E-state index in [1.165, 1.54) is 29.2 Å². The monoisotopic (exact) mass is 450 g/mol. The fourth-order valence-electron chi connectivity index (χ4n) is 2.98. The van der Waals surface area contributed by atoms with Crippen molar-refractivity contribution in [2.75, 3.05) is 18.1 Å². The van der Waals surface area contributed by atoms with E-state index in [9.17, 15) is 13.8 Å². The number of hydrogen-bond donors (Lipinski definition) is 2. The summed E-state index contributed by atoms with van der Waals surface area (Å²) in [6.07, 6.45) is -0.188. The molecule has 0 aliphatic carbocycles. The molecule has 31 heavy (non-hydrogen) atoms. The van der Waals surface area contributed by atoms with Gasteiger partial charge in [0.1, 0.15) is 17.6 Å². The molecule has 14 heteroatoms. The van der Waals surface area contributed by atoms with Crippen LogP contribution in [0.15, 0.2) is 36.5 Å². The van der Waals surface area contributed by atoms with E-state index in [0.717, 1.165) is 4.90 Å². The predicted octanol–water partition coefficient (Wildman–Crippen LogP) is 1.51. The number of benzene rings is 1. The van der Waals surface area contributed by atoms with Crippen LogP contribution in [0.1, 0.15) is 0 Å². The number of nitrogens with zero attached hydrogens (tertiary/aromatic N) is 6. The maximum atomic E-state index is 14.8. The Labute approximate surface area is 174 Å². The molecule has 1 aliphatic rings. The molecular weight excluding hydrogens is 434 g/mol. The van der Waals surface area contributed by atoms with E-state index in [2.05, 4.69) is 24.9 Å². The largest absolute Gasteiger partial charge is 0.469 e. The molecule has 1 atom stereocenters. The molecule has 1 aliphatic heterocycles. The number of aryl methyl sites for hydroxylation is 1. The quantitative estimate of drug-likeness (QED) is 0.529. The molecule has 1 amide bonds. The number of phosphoric acid groups is 1. The number of rotatable bonds is 6. The van der Waals surface area contributed by atoms with Crippen LogP contribution in [0, 0.1) is 5.82 Å². The summed E-state index contributed by atoms with van der Waals surface area (Å²) < 4.78 is 34.9. The SMILES string of the molecule is Cn1nnc(-c2ccc(-c3ccc(N4CC(COP(=O)(O)O)OC4=O)cc3F)cn2)n1. The van der Waals surface area contributed by atoms with Crippen molar-refractivity contribution in [3.8, 4) is 22.6 Å². The summed E-state index contributed by atoms with van der Waals surface area (Å²) in [7, 11) is -3.06. The van der Waals surface area contributed by atoms with Crippen molar-refractivity contribution in [2.24, 2.45) is 7.05 Å². The highest BCUT2D eigenvalue weighted by molar-refractivity contribution is 7.46. The lowest BCUT2D eigenvalue weighted by atomic mass is 10.1. The van der Waals surface area contributed by atoms with E-state index in [-0.39, 0.29) is 17.8 Å². The number of aromatic nitrogens is 5. The molecule has 12 nitrogen and oxygen atoms in total. The molecule has 162 valence electrons. The molecule has 1 saturated heterocycles. The lowest BCUT2D eigenvalue weighted by molar-refractivity contribution is 0.0880. The minimum Gasteiger partial charge on any atom is -0.441 e. The van der Waals surface area contributed by atoms with Gasteiger partial charge in [0.25, 0.3) is 0 Å². The van der Waals surface area contributed by atoms with Gasteiger partial charge in [-0.15, -0.1) is 10.2 Å². The Morgan fingerprint density at radius 2 is 2.13 bits per heavy atom. The summed E-state index contributed by atoms with van der Waals surface area (Å²) in [6, 6.07) is 7.50. The number of hydrogen-bond acceptors (Lipinski definition) is 8. The minimum absolute atomic E-state index is 0.0427. The van der Waals surface area contributed by atoms with E-state index in [1.807, 2.05) is 0 Å². The van der Waals surface area contributed by atoms with Crippen LogP contribution < -0.4 is 4.90 Å². The summed E-state index contributed by atoms with van der Waals surface area (Å²) in [5, 5.41) is 11.7. The summed E-state index contributed by atoms with van der Waals surface area (Å²) in [5.41, 5.74) is 1.49. The van der Waals surface area contributed by atoms with Crippen molar-refractivity contribution in [3.05, 3.63) is 42.3 Å². The third-order valence-electron chi connectivity index (χ3n) is 4.38. The first-order valence-electron chi connectivity index (χ1n) is 8.88. The minimum atomic E-state index is -4.69. The zero-order valence-electron chi connectivity index (χ0n) is 16.0. The first-order valence-corrected chi connectivity index (χ1v) is 10.4. The maximum Gasteiger partial charge on any atom is 0.469 e. The van der Waals surface area contributed by atoms with E-state index >= 15 is 0 Å². The van der Waals surface area contributed by atoms with E-state index in [1.54, 1.807) is 19.2 Å². The Balaban J connectivity index is 1.49. The third kappa shape index (κ3) is 4.75. The second-order valence-electron chi connectivity index (χ2n) is 6.60. The van der Waals surface area contributed by atoms with Crippen LogP contribution in [0.2, 0.25) is 0 Å². The van der Waals surface area contributed by atoms with Crippen LogP contribution in [0.4, 0.5) is 14.9 Å². The van der Waals surface area contributed by atoms with Crippen molar-refractivity contribution in [1.29, 1.82) is 0 Å². The van der Waals surface area contributed by atoms with Gasteiger partial charge in [0.05, 0.1) is 25.9 Å². The Bertz CT molecular complexity index is 1170. The molecule has 1 unspecified atom stereocenters. The van der Waals surface area contributed by atoms with Crippen molar-refractivity contribution in [2.45, 2.75) is 6.10 Å². The zero-order chi connectivity index (χ0) is 22.2. The number of carbonyl (C=O) groups is 1.